The lowest BCUT2D eigenvalue weighted by Gasteiger charge is -2.13. The van der Waals surface area contributed by atoms with Gasteiger partial charge in [0.15, 0.2) is 0 Å². The molecule has 0 aliphatic rings. The average Bonchev–Trinajstić information content (AvgIpc) is 2.53. The van der Waals surface area contributed by atoms with Gasteiger partial charge in [-0.2, -0.15) is 0 Å². The van der Waals surface area contributed by atoms with Crippen molar-refractivity contribution in [2.24, 2.45) is 5.92 Å². The summed E-state index contributed by atoms with van der Waals surface area (Å²) in [6.45, 7) is 4.29. The fourth-order valence-corrected chi connectivity index (χ4v) is 4.01. The lowest BCUT2D eigenvalue weighted by Crippen LogP contribution is -2.16. The number of aryl methyl sites for hydroxylation is 1. The van der Waals surface area contributed by atoms with Crippen LogP contribution in [0.2, 0.25) is 0 Å². The van der Waals surface area contributed by atoms with E-state index in [9.17, 15) is 16.8 Å². The summed E-state index contributed by atoms with van der Waals surface area (Å²) < 4.78 is 52.9. The Bertz CT molecular complexity index is 951. The van der Waals surface area contributed by atoms with Crippen molar-refractivity contribution in [2.45, 2.75) is 31.6 Å². The van der Waals surface area contributed by atoms with Crippen molar-refractivity contribution in [3.8, 4) is 0 Å². The normalized spacial score (nSPS) is 12.2. The summed E-state index contributed by atoms with van der Waals surface area (Å²) >= 11 is 0. The summed E-state index contributed by atoms with van der Waals surface area (Å²) in [4.78, 5) is 0.125. The summed E-state index contributed by atoms with van der Waals surface area (Å²) in [5.41, 5.74) is 1.42. The largest absolute Gasteiger partial charge is 0.282 e. The molecule has 0 heterocycles. The number of rotatable bonds is 8. The second-order valence-electron chi connectivity index (χ2n) is 6.60. The molecule has 0 aliphatic carbocycles. The van der Waals surface area contributed by atoms with Gasteiger partial charge in [0.1, 0.15) is 0 Å². The number of hydrogen-bond donors (Lipinski definition) is 2. The summed E-state index contributed by atoms with van der Waals surface area (Å²) in [6.07, 6.45) is 2.94. The highest BCUT2D eigenvalue weighted by Gasteiger charge is 2.17. The van der Waals surface area contributed by atoms with E-state index in [-0.39, 0.29) is 16.3 Å². The predicted octanol–water partition coefficient (Wildman–Crippen LogP) is 3.45. The number of anilines is 2. The minimum Gasteiger partial charge on any atom is -0.282 e. The maximum absolute atomic E-state index is 12.6. The predicted molar refractivity (Wildman–Crippen MR) is 105 cm³/mol. The molecule has 8 heteroatoms. The van der Waals surface area contributed by atoms with Crippen LogP contribution >= 0.6 is 0 Å². The quantitative estimate of drug-likeness (QED) is 0.715. The summed E-state index contributed by atoms with van der Waals surface area (Å²) in [7, 11) is -7.35. The molecule has 0 aromatic heterocycles. The van der Waals surface area contributed by atoms with Gasteiger partial charge in [0.2, 0.25) is 10.0 Å². The van der Waals surface area contributed by atoms with Gasteiger partial charge in [-0.05, 0) is 48.6 Å². The Labute approximate surface area is 155 Å². The molecular weight excluding hydrogens is 372 g/mol. The molecule has 142 valence electrons. The van der Waals surface area contributed by atoms with Crippen molar-refractivity contribution >= 4 is 31.4 Å². The molecule has 0 bridgehead atoms. The van der Waals surface area contributed by atoms with Gasteiger partial charge in [-0.1, -0.05) is 38.1 Å². The van der Waals surface area contributed by atoms with E-state index in [4.69, 9.17) is 0 Å². The van der Waals surface area contributed by atoms with E-state index >= 15 is 0 Å². The monoisotopic (exact) mass is 396 g/mol. The Morgan fingerprint density at radius 3 is 1.88 bits per heavy atom. The van der Waals surface area contributed by atoms with Crippen LogP contribution in [0.25, 0.3) is 0 Å². The minimum absolute atomic E-state index is 0.125. The lowest BCUT2D eigenvalue weighted by molar-refractivity contribution is 0.586. The molecule has 0 radical (unpaired) electrons. The van der Waals surface area contributed by atoms with Crippen molar-refractivity contribution in [3.63, 3.8) is 0 Å². The molecule has 0 amide bonds. The van der Waals surface area contributed by atoms with Crippen LogP contribution in [0, 0.1) is 5.92 Å². The van der Waals surface area contributed by atoms with Gasteiger partial charge < -0.3 is 0 Å². The van der Waals surface area contributed by atoms with Crippen LogP contribution in [0.1, 0.15) is 25.8 Å². The highest BCUT2D eigenvalue weighted by Crippen LogP contribution is 2.25. The molecule has 0 saturated carbocycles. The molecule has 0 saturated heterocycles. The van der Waals surface area contributed by atoms with Crippen LogP contribution in [-0.2, 0) is 26.5 Å². The average molecular weight is 397 g/mol. The van der Waals surface area contributed by atoms with E-state index in [2.05, 4.69) is 23.3 Å². The maximum Gasteiger partial charge on any atom is 0.261 e. The summed E-state index contributed by atoms with van der Waals surface area (Å²) in [5, 5.41) is 0. The van der Waals surface area contributed by atoms with Gasteiger partial charge in [-0.3, -0.25) is 9.44 Å². The molecule has 2 N–H and O–H groups in total. The second-order valence-corrected chi connectivity index (χ2v) is 10.0. The third-order valence-electron chi connectivity index (χ3n) is 3.71. The van der Waals surface area contributed by atoms with Crippen LogP contribution in [0.3, 0.4) is 0 Å². The first-order valence-corrected chi connectivity index (χ1v) is 11.6. The number of hydrogen-bond acceptors (Lipinski definition) is 4. The van der Waals surface area contributed by atoms with E-state index in [0.717, 1.165) is 24.7 Å². The van der Waals surface area contributed by atoms with Gasteiger partial charge in [0.05, 0.1) is 22.5 Å². The molecule has 2 aromatic carbocycles. The van der Waals surface area contributed by atoms with Gasteiger partial charge in [0, 0.05) is 0 Å². The van der Waals surface area contributed by atoms with Crippen LogP contribution in [0.5, 0.6) is 0 Å². The molecule has 2 rings (SSSR count). The van der Waals surface area contributed by atoms with Gasteiger partial charge in [-0.25, -0.2) is 16.8 Å². The standard InChI is InChI=1S/C18H24N2O4S2/c1-14(2)8-9-15-10-12-16(13-11-15)26(23,24)20-18-7-5-4-6-17(18)19-25(3,21)22/h4-7,10-14,19-20H,8-9H2,1-3H3. The Hall–Kier alpha value is -2.06. The number of benzene rings is 2. The topological polar surface area (TPSA) is 92.3 Å². The highest BCUT2D eigenvalue weighted by atomic mass is 32.2. The van der Waals surface area contributed by atoms with E-state index in [1.165, 1.54) is 12.1 Å². The van der Waals surface area contributed by atoms with E-state index in [1.807, 2.05) is 0 Å². The molecular formula is C18H24N2O4S2. The molecule has 0 atom stereocenters. The first-order chi connectivity index (χ1) is 12.1. The molecule has 6 nitrogen and oxygen atoms in total. The maximum atomic E-state index is 12.6. The van der Waals surface area contributed by atoms with Crippen LogP contribution in [0.15, 0.2) is 53.4 Å². The Balaban J connectivity index is 2.21. The zero-order chi connectivity index (χ0) is 19.4. The number of para-hydroxylation sites is 2. The van der Waals surface area contributed by atoms with Crippen molar-refractivity contribution in [2.75, 3.05) is 15.7 Å². The second kappa shape index (κ2) is 8.09. The van der Waals surface area contributed by atoms with Crippen molar-refractivity contribution in [3.05, 3.63) is 54.1 Å². The third-order valence-corrected chi connectivity index (χ3v) is 5.68. The van der Waals surface area contributed by atoms with Crippen molar-refractivity contribution in [1.82, 2.24) is 0 Å². The Morgan fingerprint density at radius 2 is 1.38 bits per heavy atom. The molecule has 0 fully saturated rings. The first-order valence-electron chi connectivity index (χ1n) is 8.25. The third kappa shape index (κ3) is 6.03. The van der Waals surface area contributed by atoms with Gasteiger partial charge in [-0.15, -0.1) is 0 Å². The van der Waals surface area contributed by atoms with E-state index in [0.29, 0.717) is 5.92 Å². The fraction of sp³-hybridized carbons (Fsp3) is 0.333. The van der Waals surface area contributed by atoms with Crippen molar-refractivity contribution in [1.29, 1.82) is 0 Å². The SMILES string of the molecule is CC(C)CCc1ccc(S(=O)(=O)Nc2ccccc2NS(C)(=O)=O)cc1. The Kier molecular flexibility index (Phi) is 6.30. The molecule has 0 unspecified atom stereocenters. The van der Waals surface area contributed by atoms with Crippen molar-refractivity contribution < 1.29 is 16.8 Å². The highest BCUT2D eigenvalue weighted by molar-refractivity contribution is 7.93. The summed E-state index contributed by atoms with van der Waals surface area (Å²) in [6, 6.07) is 13.0. The minimum atomic E-state index is -3.82. The molecule has 26 heavy (non-hydrogen) atoms. The number of nitrogens with one attached hydrogen (secondary N) is 2. The van der Waals surface area contributed by atoms with E-state index < -0.39 is 20.0 Å². The smallest absolute Gasteiger partial charge is 0.261 e. The van der Waals surface area contributed by atoms with Crippen LogP contribution in [-0.4, -0.2) is 23.1 Å². The fourth-order valence-electron chi connectivity index (χ4n) is 2.36. The number of sulfonamides is 2. The van der Waals surface area contributed by atoms with E-state index in [1.54, 1.807) is 36.4 Å². The van der Waals surface area contributed by atoms with Gasteiger partial charge >= 0.3 is 0 Å². The Morgan fingerprint density at radius 1 is 0.846 bits per heavy atom. The van der Waals surface area contributed by atoms with Crippen LogP contribution in [0.4, 0.5) is 11.4 Å². The zero-order valence-corrected chi connectivity index (χ0v) is 16.7. The zero-order valence-electron chi connectivity index (χ0n) is 15.1. The van der Waals surface area contributed by atoms with Gasteiger partial charge in [0.25, 0.3) is 10.0 Å². The van der Waals surface area contributed by atoms with Crippen LogP contribution < -0.4 is 9.44 Å². The molecule has 0 spiro atoms. The molecule has 2 aromatic rings. The lowest BCUT2D eigenvalue weighted by atomic mass is 10.0. The molecule has 0 aliphatic heterocycles. The first kappa shape index (κ1) is 20.3. The summed E-state index contributed by atoms with van der Waals surface area (Å²) in [5.74, 6) is 0.582.